The van der Waals surface area contributed by atoms with Crippen LogP contribution in [0.25, 0.3) is 0 Å². The van der Waals surface area contributed by atoms with Crippen molar-refractivity contribution in [2.75, 3.05) is 13.1 Å². The lowest BCUT2D eigenvalue weighted by Crippen LogP contribution is -2.38. The van der Waals surface area contributed by atoms with Gasteiger partial charge in [0.25, 0.3) is 5.91 Å². The number of amides is 1. The number of aryl methyl sites for hydroxylation is 1. The minimum absolute atomic E-state index is 0.144. The van der Waals surface area contributed by atoms with Crippen molar-refractivity contribution in [2.45, 2.75) is 32.6 Å². The van der Waals surface area contributed by atoms with E-state index in [2.05, 4.69) is 0 Å². The monoisotopic (exact) mass is 293 g/mol. The molecule has 4 nitrogen and oxygen atoms in total. The number of halogens is 1. The maximum atomic E-state index is 13.4. The van der Waals surface area contributed by atoms with Gasteiger partial charge in [-0.05, 0) is 55.9 Å². The Balaban J connectivity index is 1.92. The van der Waals surface area contributed by atoms with Gasteiger partial charge in [0.2, 0.25) is 0 Å². The molecule has 21 heavy (non-hydrogen) atoms. The highest BCUT2D eigenvalue weighted by molar-refractivity contribution is 5.94. The van der Waals surface area contributed by atoms with E-state index in [1.54, 1.807) is 17.9 Å². The van der Waals surface area contributed by atoms with E-state index in [0.29, 0.717) is 31.0 Å². The molecule has 1 fully saturated rings. The Morgan fingerprint density at radius 3 is 2.52 bits per heavy atom. The van der Waals surface area contributed by atoms with Gasteiger partial charge >= 0.3 is 5.97 Å². The van der Waals surface area contributed by atoms with Crippen LogP contribution in [0.5, 0.6) is 0 Å². The average Bonchev–Trinajstić information content (AvgIpc) is 2.44. The number of hydrogen-bond donors (Lipinski definition) is 1. The van der Waals surface area contributed by atoms with Gasteiger partial charge in [-0.3, -0.25) is 9.59 Å². The lowest BCUT2D eigenvalue weighted by Gasteiger charge is -2.32. The highest BCUT2D eigenvalue weighted by atomic mass is 19.1. The number of carbonyl (C=O) groups is 2. The molecule has 5 heteroatoms. The molecule has 0 aliphatic carbocycles. The van der Waals surface area contributed by atoms with E-state index in [0.717, 1.165) is 18.4 Å². The van der Waals surface area contributed by atoms with E-state index >= 15 is 0 Å². The molecule has 2 rings (SSSR count). The Morgan fingerprint density at radius 1 is 1.29 bits per heavy atom. The highest BCUT2D eigenvalue weighted by Gasteiger charge is 2.24. The molecule has 0 atom stereocenters. The van der Waals surface area contributed by atoms with Gasteiger partial charge in [-0.1, -0.05) is 0 Å². The fourth-order valence-electron chi connectivity index (χ4n) is 2.79. The van der Waals surface area contributed by atoms with Gasteiger partial charge in [0.05, 0.1) is 0 Å². The lowest BCUT2D eigenvalue weighted by molar-refractivity contribution is -0.137. The number of benzene rings is 1. The zero-order valence-corrected chi connectivity index (χ0v) is 12.1. The average molecular weight is 293 g/mol. The number of carbonyl (C=O) groups excluding carboxylic acids is 1. The Hall–Kier alpha value is -1.91. The minimum atomic E-state index is -0.774. The van der Waals surface area contributed by atoms with Crippen molar-refractivity contribution in [2.24, 2.45) is 5.92 Å². The zero-order chi connectivity index (χ0) is 15.4. The molecule has 0 bridgehead atoms. The van der Waals surface area contributed by atoms with Crippen molar-refractivity contribution in [3.8, 4) is 0 Å². The molecule has 1 amide bonds. The summed E-state index contributed by atoms with van der Waals surface area (Å²) in [7, 11) is 0. The fraction of sp³-hybridized carbons (Fsp3) is 0.500. The summed E-state index contributed by atoms with van der Waals surface area (Å²) in [5.74, 6) is -0.952. The number of rotatable bonds is 4. The molecular formula is C16H20FNO3. The van der Waals surface area contributed by atoms with Gasteiger partial charge in [-0.15, -0.1) is 0 Å². The van der Waals surface area contributed by atoms with E-state index in [-0.39, 0.29) is 12.3 Å². The van der Waals surface area contributed by atoms with Crippen LogP contribution in [-0.4, -0.2) is 35.0 Å². The molecule has 1 aromatic rings. The molecule has 1 aliphatic heterocycles. The zero-order valence-electron chi connectivity index (χ0n) is 12.1. The number of nitrogens with zero attached hydrogens (tertiary/aromatic N) is 1. The molecule has 0 spiro atoms. The molecule has 0 unspecified atom stereocenters. The summed E-state index contributed by atoms with van der Waals surface area (Å²) >= 11 is 0. The second kappa shape index (κ2) is 6.70. The fourth-order valence-corrected chi connectivity index (χ4v) is 2.79. The molecular weight excluding hydrogens is 273 g/mol. The van der Waals surface area contributed by atoms with E-state index < -0.39 is 11.8 Å². The summed E-state index contributed by atoms with van der Waals surface area (Å²) < 4.78 is 13.4. The number of hydrogen-bond acceptors (Lipinski definition) is 2. The number of likely N-dealkylation sites (tertiary alicyclic amines) is 1. The van der Waals surface area contributed by atoms with Gasteiger partial charge in [0, 0.05) is 25.1 Å². The molecule has 0 saturated carbocycles. The van der Waals surface area contributed by atoms with Crippen LogP contribution in [0.2, 0.25) is 0 Å². The van der Waals surface area contributed by atoms with Crippen molar-refractivity contribution >= 4 is 11.9 Å². The smallest absolute Gasteiger partial charge is 0.303 e. The third-order valence-electron chi connectivity index (χ3n) is 3.96. The normalized spacial score (nSPS) is 16.0. The van der Waals surface area contributed by atoms with Gasteiger partial charge < -0.3 is 10.0 Å². The summed E-state index contributed by atoms with van der Waals surface area (Å²) in [5, 5.41) is 8.68. The van der Waals surface area contributed by atoms with Crippen LogP contribution >= 0.6 is 0 Å². The largest absolute Gasteiger partial charge is 0.481 e. The Labute approximate surface area is 123 Å². The Kier molecular flexibility index (Phi) is 4.94. The standard InChI is InChI=1S/C16H20FNO3/c1-11-8-13(10-14(17)9-11)16(21)18-6-4-12(5-7-18)2-3-15(19)20/h8-10,12H,2-7H2,1H3,(H,19,20). The molecule has 0 aromatic heterocycles. The first-order valence-electron chi connectivity index (χ1n) is 7.24. The van der Waals surface area contributed by atoms with Crippen LogP contribution in [0.1, 0.15) is 41.6 Å². The first-order chi connectivity index (χ1) is 9.95. The van der Waals surface area contributed by atoms with Gasteiger partial charge in [-0.25, -0.2) is 4.39 Å². The van der Waals surface area contributed by atoms with E-state index in [4.69, 9.17) is 5.11 Å². The topological polar surface area (TPSA) is 57.6 Å². The highest BCUT2D eigenvalue weighted by Crippen LogP contribution is 2.23. The van der Waals surface area contributed by atoms with Crippen LogP contribution in [0.15, 0.2) is 18.2 Å². The van der Waals surface area contributed by atoms with Crippen LogP contribution in [0.3, 0.4) is 0 Å². The predicted octanol–water partition coefficient (Wildman–Crippen LogP) is 2.85. The van der Waals surface area contributed by atoms with Crippen LogP contribution in [0, 0.1) is 18.7 Å². The molecule has 1 heterocycles. The van der Waals surface area contributed by atoms with E-state index in [1.807, 2.05) is 0 Å². The Bertz CT molecular complexity index is 516. The molecule has 0 radical (unpaired) electrons. The summed E-state index contributed by atoms with van der Waals surface area (Å²) in [5.41, 5.74) is 1.12. The minimum Gasteiger partial charge on any atom is -0.481 e. The predicted molar refractivity (Wildman–Crippen MR) is 76.6 cm³/mol. The molecule has 1 N–H and O–H groups in total. The van der Waals surface area contributed by atoms with Crippen molar-refractivity contribution in [1.29, 1.82) is 0 Å². The van der Waals surface area contributed by atoms with E-state index in [1.165, 1.54) is 12.1 Å². The van der Waals surface area contributed by atoms with Crippen LogP contribution in [-0.2, 0) is 4.79 Å². The summed E-state index contributed by atoms with van der Waals surface area (Å²) in [6.07, 6.45) is 2.47. The second-order valence-corrected chi connectivity index (χ2v) is 5.69. The molecule has 1 saturated heterocycles. The van der Waals surface area contributed by atoms with Gasteiger partial charge in [-0.2, -0.15) is 0 Å². The van der Waals surface area contributed by atoms with Crippen molar-refractivity contribution in [1.82, 2.24) is 4.90 Å². The number of piperidine rings is 1. The third kappa shape index (κ3) is 4.28. The van der Waals surface area contributed by atoms with Crippen LogP contribution in [0.4, 0.5) is 4.39 Å². The maximum Gasteiger partial charge on any atom is 0.303 e. The lowest BCUT2D eigenvalue weighted by atomic mass is 9.92. The summed E-state index contributed by atoms with van der Waals surface area (Å²) in [6.45, 7) is 2.98. The van der Waals surface area contributed by atoms with Crippen LogP contribution < -0.4 is 0 Å². The number of carboxylic acids is 1. The first kappa shape index (κ1) is 15.5. The van der Waals surface area contributed by atoms with E-state index in [9.17, 15) is 14.0 Å². The first-order valence-corrected chi connectivity index (χ1v) is 7.24. The van der Waals surface area contributed by atoms with Gasteiger partial charge in [0.15, 0.2) is 0 Å². The Morgan fingerprint density at radius 2 is 1.95 bits per heavy atom. The van der Waals surface area contributed by atoms with Gasteiger partial charge in [0.1, 0.15) is 5.82 Å². The SMILES string of the molecule is Cc1cc(F)cc(C(=O)N2CCC(CCC(=O)O)CC2)c1. The third-order valence-corrected chi connectivity index (χ3v) is 3.96. The quantitative estimate of drug-likeness (QED) is 0.928. The maximum absolute atomic E-state index is 13.4. The van der Waals surface area contributed by atoms with Crippen molar-refractivity contribution in [3.63, 3.8) is 0 Å². The summed E-state index contributed by atoms with van der Waals surface area (Å²) in [4.78, 5) is 24.6. The second-order valence-electron chi connectivity index (χ2n) is 5.69. The summed E-state index contributed by atoms with van der Waals surface area (Å²) in [6, 6.07) is 4.36. The molecule has 1 aromatic carbocycles. The number of carboxylic acid groups (broad SMARTS) is 1. The number of aliphatic carboxylic acids is 1. The molecule has 114 valence electrons. The molecule has 1 aliphatic rings. The van der Waals surface area contributed by atoms with Crippen molar-refractivity contribution in [3.05, 3.63) is 35.1 Å². The van der Waals surface area contributed by atoms with Crippen molar-refractivity contribution < 1.29 is 19.1 Å².